The molecule has 8 heteroatoms. The summed E-state index contributed by atoms with van der Waals surface area (Å²) in [5.41, 5.74) is 0.607. The van der Waals surface area contributed by atoms with Gasteiger partial charge in [0.05, 0.1) is 0 Å². The van der Waals surface area contributed by atoms with Gasteiger partial charge in [0.25, 0.3) is 5.56 Å². The molecule has 1 saturated heterocycles. The summed E-state index contributed by atoms with van der Waals surface area (Å²) in [6.45, 7) is 2.80. The van der Waals surface area contributed by atoms with Crippen LogP contribution in [0.5, 0.6) is 0 Å². The van der Waals surface area contributed by atoms with Crippen molar-refractivity contribution >= 4 is 17.4 Å². The minimum absolute atomic E-state index is 0.0371. The maximum atomic E-state index is 12.5. The van der Waals surface area contributed by atoms with Crippen molar-refractivity contribution in [2.45, 2.75) is 12.8 Å². The van der Waals surface area contributed by atoms with E-state index in [1.165, 1.54) is 4.40 Å². The summed E-state index contributed by atoms with van der Waals surface area (Å²) >= 11 is 0. The van der Waals surface area contributed by atoms with Gasteiger partial charge in [0.15, 0.2) is 5.65 Å². The molecule has 0 aliphatic carbocycles. The van der Waals surface area contributed by atoms with E-state index in [0.717, 1.165) is 18.9 Å². The lowest BCUT2D eigenvalue weighted by Crippen LogP contribution is -2.49. The highest BCUT2D eigenvalue weighted by Gasteiger charge is 2.22. The number of piperazine rings is 1. The van der Waals surface area contributed by atoms with Gasteiger partial charge in [0, 0.05) is 51.4 Å². The summed E-state index contributed by atoms with van der Waals surface area (Å²) in [5.74, 6) is 0.971. The van der Waals surface area contributed by atoms with Crippen molar-refractivity contribution in [1.82, 2.24) is 24.5 Å². The van der Waals surface area contributed by atoms with Gasteiger partial charge in [-0.1, -0.05) is 12.1 Å². The van der Waals surface area contributed by atoms with Gasteiger partial charge in [-0.05, 0) is 24.3 Å². The molecule has 1 amide bonds. The van der Waals surface area contributed by atoms with E-state index in [1.54, 1.807) is 30.6 Å². The molecule has 0 atom stereocenters. The molecule has 0 N–H and O–H groups in total. The van der Waals surface area contributed by atoms with E-state index in [1.807, 2.05) is 23.1 Å². The topological polar surface area (TPSA) is 83.7 Å². The first-order valence-corrected chi connectivity index (χ1v) is 8.99. The number of hydrogen-bond acceptors (Lipinski definition) is 6. The maximum Gasteiger partial charge on any atom is 0.279 e. The van der Waals surface area contributed by atoms with Gasteiger partial charge >= 0.3 is 0 Å². The Labute approximate surface area is 156 Å². The number of nitrogens with zero attached hydrogens (tertiary/aromatic N) is 6. The van der Waals surface area contributed by atoms with E-state index < -0.39 is 0 Å². The first-order valence-electron chi connectivity index (χ1n) is 8.99. The van der Waals surface area contributed by atoms with Crippen molar-refractivity contribution in [3.05, 3.63) is 64.8 Å². The van der Waals surface area contributed by atoms with Crippen LogP contribution >= 0.6 is 0 Å². The molecule has 4 heterocycles. The molecule has 4 rings (SSSR count). The van der Waals surface area contributed by atoms with Gasteiger partial charge in [-0.15, -0.1) is 10.2 Å². The third kappa shape index (κ3) is 3.64. The van der Waals surface area contributed by atoms with Crippen LogP contribution in [0.25, 0.3) is 5.65 Å². The third-order valence-electron chi connectivity index (χ3n) is 4.76. The van der Waals surface area contributed by atoms with E-state index in [-0.39, 0.29) is 17.9 Å². The largest absolute Gasteiger partial charge is 0.353 e. The Morgan fingerprint density at radius 3 is 2.59 bits per heavy atom. The Balaban J connectivity index is 1.35. The summed E-state index contributed by atoms with van der Waals surface area (Å²) in [7, 11) is 0. The predicted molar refractivity (Wildman–Crippen MR) is 101 cm³/mol. The molecule has 0 saturated carbocycles. The highest BCUT2D eigenvalue weighted by molar-refractivity contribution is 5.76. The van der Waals surface area contributed by atoms with Gasteiger partial charge in [-0.3, -0.25) is 14.0 Å². The monoisotopic (exact) mass is 364 g/mol. The Morgan fingerprint density at radius 2 is 1.81 bits per heavy atom. The number of anilines is 1. The molecule has 1 fully saturated rings. The Morgan fingerprint density at radius 1 is 1.00 bits per heavy atom. The molecule has 0 unspecified atom stereocenters. The number of amides is 1. The van der Waals surface area contributed by atoms with Crippen molar-refractivity contribution in [3.8, 4) is 0 Å². The standard InChI is InChI=1S/C19H20N6O2/c26-18(24-13-11-23(12-14-24)16-5-1-3-9-20-16)8-7-15-19(27)25-10-4-2-6-17(25)22-21-15/h1-6,9-10H,7-8,11-14H2. The second kappa shape index (κ2) is 7.53. The lowest BCUT2D eigenvalue weighted by atomic mass is 10.2. The fourth-order valence-electron chi connectivity index (χ4n) is 3.25. The van der Waals surface area contributed by atoms with Crippen LogP contribution < -0.4 is 10.5 Å². The average Bonchev–Trinajstić information content (AvgIpc) is 2.74. The van der Waals surface area contributed by atoms with E-state index in [9.17, 15) is 9.59 Å². The first kappa shape index (κ1) is 17.1. The number of rotatable bonds is 4. The molecular weight excluding hydrogens is 344 g/mol. The van der Waals surface area contributed by atoms with Crippen LogP contribution in [0.15, 0.2) is 53.6 Å². The molecule has 8 nitrogen and oxygen atoms in total. The van der Waals surface area contributed by atoms with Crippen LogP contribution in [0.3, 0.4) is 0 Å². The van der Waals surface area contributed by atoms with Crippen LogP contribution in [0.4, 0.5) is 5.82 Å². The van der Waals surface area contributed by atoms with Crippen LogP contribution in [-0.4, -0.2) is 56.6 Å². The van der Waals surface area contributed by atoms with Crippen LogP contribution in [0.1, 0.15) is 12.1 Å². The molecule has 0 radical (unpaired) electrons. The number of fused-ring (bicyclic) bond motifs is 1. The van der Waals surface area contributed by atoms with Crippen molar-refractivity contribution < 1.29 is 4.79 Å². The van der Waals surface area contributed by atoms with E-state index >= 15 is 0 Å². The number of hydrogen-bond donors (Lipinski definition) is 0. The van der Waals surface area contributed by atoms with Gasteiger partial charge < -0.3 is 9.80 Å². The van der Waals surface area contributed by atoms with Gasteiger partial charge in [-0.25, -0.2) is 4.98 Å². The smallest absolute Gasteiger partial charge is 0.279 e. The molecule has 3 aromatic heterocycles. The van der Waals surface area contributed by atoms with Crippen molar-refractivity contribution in [3.63, 3.8) is 0 Å². The van der Waals surface area contributed by atoms with Crippen molar-refractivity contribution in [2.24, 2.45) is 0 Å². The molecule has 1 aliphatic heterocycles. The molecule has 0 spiro atoms. The number of aryl methyl sites for hydroxylation is 1. The molecular formula is C19H20N6O2. The fraction of sp³-hybridized carbons (Fsp3) is 0.316. The minimum Gasteiger partial charge on any atom is -0.353 e. The van der Waals surface area contributed by atoms with Gasteiger partial charge in [0.1, 0.15) is 11.5 Å². The summed E-state index contributed by atoms with van der Waals surface area (Å²) < 4.78 is 1.46. The second-order valence-corrected chi connectivity index (χ2v) is 6.44. The molecule has 138 valence electrons. The first-order chi connectivity index (χ1) is 13.2. The number of carbonyl (C=O) groups excluding carboxylic acids is 1. The zero-order valence-electron chi connectivity index (χ0n) is 14.9. The van der Waals surface area contributed by atoms with Gasteiger partial charge in [0.2, 0.25) is 5.91 Å². The summed E-state index contributed by atoms with van der Waals surface area (Å²) in [6, 6.07) is 11.1. The highest BCUT2D eigenvalue weighted by atomic mass is 16.2. The van der Waals surface area contributed by atoms with E-state index in [2.05, 4.69) is 20.1 Å². The van der Waals surface area contributed by atoms with E-state index in [0.29, 0.717) is 30.9 Å². The lowest BCUT2D eigenvalue weighted by molar-refractivity contribution is -0.131. The third-order valence-corrected chi connectivity index (χ3v) is 4.76. The number of carbonyl (C=O) groups is 1. The Kier molecular flexibility index (Phi) is 4.78. The van der Waals surface area contributed by atoms with Crippen LogP contribution in [-0.2, 0) is 11.2 Å². The Hall–Kier alpha value is -3.29. The minimum atomic E-state index is -0.214. The van der Waals surface area contributed by atoms with Crippen LogP contribution in [0, 0.1) is 0 Å². The van der Waals surface area contributed by atoms with Crippen LogP contribution in [0.2, 0.25) is 0 Å². The molecule has 0 aromatic carbocycles. The summed E-state index contributed by atoms with van der Waals surface area (Å²) in [5, 5.41) is 8.06. The molecule has 1 aliphatic rings. The summed E-state index contributed by atoms with van der Waals surface area (Å²) in [6.07, 6.45) is 3.99. The van der Waals surface area contributed by atoms with Crippen molar-refractivity contribution in [1.29, 1.82) is 0 Å². The zero-order valence-corrected chi connectivity index (χ0v) is 14.9. The molecule has 27 heavy (non-hydrogen) atoms. The quantitative estimate of drug-likeness (QED) is 0.680. The number of aromatic nitrogens is 4. The Bertz CT molecular complexity index is 996. The SMILES string of the molecule is O=C(CCc1nnc2ccccn2c1=O)N1CCN(c2ccccn2)CC1. The lowest BCUT2D eigenvalue weighted by Gasteiger charge is -2.35. The second-order valence-electron chi connectivity index (χ2n) is 6.44. The highest BCUT2D eigenvalue weighted by Crippen LogP contribution is 2.13. The normalized spacial score (nSPS) is 14.5. The van der Waals surface area contributed by atoms with E-state index in [4.69, 9.17) is 0 Å². The molecule has 0 bridgehead atoms. The average molecular weight is 364 g/mol. The van der Waals surface area contributed by atoms with Crippen molar-refractivity contribution in [2.75, 3.05) is 31.1 Å². The zero-order chi connectivity index (χ0) is 18.6. The maximum absolute atomic E-state index is 12.5. The fourth-order valence-corrected chi connectivity index (χ4v) is 3.25. The van der Waals surface area contributed by atoms with Gasteiger partial charge in [-0.2, -0.15) is 0 Å². The predicted octanol–water partition coefficient (Wildman–Crippen LogP) is 0.766. The molecule has 3 aromatic rings. The summed E-state index contributed by atoms with van der Waals surface area (Å²) in [4.78, 5) is 33.3. The number of pyridine rings is 2.